The Morgan fingerprint density at radius 1 is 1.33 bits per heavy atom. The van der Waals surface area contributed by atoms with Gasteiger partial charge in [-0.15, -0.1) is 0 Å². The van der Waals surface area contributed by atoms with Crippen LogP contribution < -0.4 is 5.32 Å². The molecule has 1 aromatic carbocycles. The summed E-state index contributed by atoms with van der Waals surface area (Å²) in [7, 11) is 0. The second kappa shape index (κ2) is 6.87. The maximum absolute atomic E-state index is 4.36. The molecule has 4 heteroatoms. The van der Waals surface area contributed by atoms with Crippen LogP contribution in [0.1, 0.15) is 29.8 Å². The van der Waals surface area contributed by atoms with E-state index in [1.54, 1.807) is 6.33 Å². The number of aromatic amines is 1. The summed E-state index contributed by atoms with van der Waals surface area (Å²) in [5.41, 5.74) is 3.70. The predicted octanol–water partition coefficient (Wildman–Crippen LogP) is 2.47. The van der Waals surface area contributed by atoms with Gasteiger partial charge in [0.15, 0.2) is 0 Å². The Morgan fingerprint density at radius 3 is 2.95 bits per heavy atom. The number of nitrogens with zero attached hydrogens (tertiary/aromatic N) is 2. The van der Waals surface area contributed by atoms with Crippen LogP contribution in [0.25, 0.3) is 0 Å². The fraction of sp³-hybridized carbons (Fsp3) is 0.471. The van der Waals surface area contributed by atoms with Gasteiger partial charge in [0.1, 0.15) is 0 Å². The van der Waals surface area contributed by atoms with Crippen molar-refractivity contribution in [3.63, 3.8) is 0 Å². The number of aryl methyl sites for hydroxylation is 1. The summed E-state index contributed by atoms with van der Waals surface area (Å²) in [6, 6.07) is 11.3. The molecule has 0 bridgehead atoms. The lowest BCUT2D eigenvalue weighted by atomic mass is 10.0. The van der Waals surface area contributed by atoms with Crippen LogP contribution in [0.2, 0.25) is 0 Å². The highest BCUT2D eigenvalue weighted by atomic mass is 15.2. The molecule has 4 nitrogen and oxygen atoms in total. The van der Waals surface area contributed by atoms with Crippen molar-refractivity contribution in [3.05, 3.63) is 53.6 Å². The molecule has 0 spiro atoms. The van der Waals surface area contributed by atoms with Crippen molar-refractivity contribution in [2.45, 2.75) is 38.9 Å². The van der Waals surface area contributed by atoms with E-state index < -0.39 is 0 Å². The molecule has 2 heterocycles. The molecule has 112 valence electrons. The number of benzene rings is 1. The normalized spacial score (nSPS) is 19.8. The molecule has 1 fully saturated rings. The number of aromatic nitrogens is 2. The number of piperidine rings is 1. The van der Waals surface area contributed by atoms with E-state index in [2.05, 4.69) is 57.4 Å². The fourth-order valence-corrected chi connectivity index (χ4v) is 3.01. The number of rotatable bonds is 5. The third-order valence-electron chi connectivity index (χ3n) is 4.25. The summed E-state index contributed by atoms with van der Waals surface area (Å²) in [6.07, 6.45) is 4.30. The summed E-state index contributed by atoms with van der Waals surface area (Å²) in [5, 5.41) is 3.66. The first-order chi connectivity index (χ1) is 10.3. The summed E-state index contributed by atoms with van der Waals surface area (Å²) < 4.78 is 0. The molecule has 1 unspecified atom stereocenters. The van der Waals surface area contributed by atoms with E-state index in [0.717, 1.165) is 25.3 Å². The molecule has 0 amide bonds. The summed E-state index contributed by atoms with van der Waals surface area (Å²) in [4.78, 5) is 10.0. The Bertz CT molecular complexity index is 549. The highest BCUT2D eigenvalue weighted by Crippen LogP contribution is 2.14. The third-order valence-corrected chi connectivity index (χ3v) is 4.25. The molecular weight excluding hydrogens is 260 g/mol. The highest BCUT2D eigenvalue weighted by Gasteiger charge is 2.19. The van der Waals surface area contributed by atoms with Gasteiger partial charge in [-0.3, -0.25) is 4.90 Å². The number of likely N-dealkylation sites (tertiary alicyclic amines) is 1. The summed E-state index contributed by atoms with van der Waals surface area (Å²) >= 11 is 0. The van der Waals surface area contributed by atoms with Crippen LogP contribution in [-0.2, 0) is 13.1 Å². The van der Waals surface area contributed by atoms with Gasteiger partial charge in [-0.2, -0.15) is 0 Å². The molecule has 1 saturated heterocycles. The lowest BCUT2D eigenvalue weighted by molar-refractivity contribution is 0.182. The standard InChI is InChI=1S/C17H24N4/c1-14-17(20-13-19-14)10-18-16-8-5-9-21(12-16)11-15-6-3-2-4-7-15/h2-4,6-7,13,16,18H,5,8-12H2,1H3,(H,19,20). The molecule has 2 aromatic rings. The van der Waals surface area contributed by atoms with Crippen LogP contribution in [0.4, 0.5) is 0 Å². The van der Waals surface area contributed by atoms with Crippen LogP contribution in [0, 0.1) is 6.92 Å². The quantitative estimate of drug-likeness (QED) is 0.886. The van der Waals surface area contributed by atoms with E-state index in [4.69, 9.17) is 0 Å². The Morgan fingerprint density at radius 2 is 2.19 bits per heavy atom. The smallest absolute Gasteiger partial charge is 0.0925 e. The predicted molar refractivity (Wildman–Crippen MR) is 84.9 cm³/mol. The molecule has 1 aromatic heterocycles. The molecule has 1 atom stereocenters. The Labute approximate surface area is 126 Å². The first-order valence-electron chi connectivity index (χ1n) is 7.80. The summed E-state index contributed by atoms with van der Waals surface area (Å²) in [6.45, 7) is 6.32. The zero-order valence-electron chi connectivity index (χ0n) is 12.7. The number of nitrogens with one attached hydrogen (secondary N) is 2. The highest BCUT2D eigenvalue weighted by molar-refractivity contribution is 5.14. The Balaban J connectivity index is 1.50. The van der Waals surface area contributed by atoms with Crippen molar-refractivity contribution < 1.29 is 0 Å². The molecule has 21 heavy (non-hydrogen) atoms. The monoisotopic (exact) mass is 284 g/mol. The average Bonchev–Trinajstić information content (AvgIpc) is 2.92. The minimum absolute atomic E-state index is 0.568. The van der Waals surface area contributed by atoms with E-state index in [0.29, 0.717) is 6.04 Å². The summed E-state index contributed by atoms with van der Waals surface area (Å²) in [5.74, 6) is 0. The van der Waals surface area contributed by atoms with Gasteiger partial charge in [-0.05, 0) is 31.9 Å². The fourth-order valence-electron chi connectivity index (χ4n) is 3.01. The van der Waals surface area contributed by atoms with Crippen molar-refractivity contribution in [1.82, 2.24) is 20.2 Å². The second-order valence-electron chi connectivity index (χ2n) is 5.91. The number of H-pyrrole nitrogens is 1. The minimum Gasteiger partial charge on any atom is -0.348 e. The Kier molecular flexibility index (Phi) is 4.68. The van der Waals surface area contributed by atoms with Crippen LogP contribution in [-0.4, -0.2) is 34.0 Å². The first-order valence-corrected chi connectivity index (χ1v) is 7.80. The molecule has 0 aliphatic carbocycles. The van der Waals surface area contributed by atoms with Crippen LogP contribution >= 0.6 is 0 Å². The molecule has 1 aliphatic heterocycles. The van der Waals surface area contributed by atoms with Gasteiger partial charge < -0.3 is 10.3 Å². The van der Waals surface area contributed by atoms with Crippen molar-refractivity contribution in [3.8, 4) is 0 Å². The van der Waals surface area contributed by atoms with E-state index in [1.807, 2.05) is 0 Å². The lowest BCUT2D eigenvalue weighted by Crippen LogP contribution is -2.45. The zero-order chi connectivity index (χ0) is 14.5. The van der Waals surface area contributed by atoms with Gasteiger partial charge in [-0.1, -0.05) is 30.3 Å². The van der Waals surface area contributed by atoms with E-state index in [-0.39, 0.29) is 0 Å². The van der Waals surface area contributed by atoms with Gasteiger partial charge in [0, 0.05) is 31.4 Å². The van der Waals surface area contributed by atoms with Crippen molar-refractivity contribution in [2.75, 3.05) is 13.1 Å². The molecular formula is C17H24N4. The number of imidazole rings is 1. The first kappa shape index (κ1) is 14.3. The van der Waals surface area contributed by atoms with Crippen LogP contribution in [0.3, 0.4) is 0 Å². The van der Waals surface area contributed by atoms with Gasteiger partial charge in [0.2, 0.25) is 0 Å². The van der Waals surface area contributed by atoms with Crippen molar-refractivity contribution in [2.24, 2.45) is 0 Å². The third kappa shape index (κ3) is 3.93. The molecule has 3 rings (SSSR count). The maximum Gasteiger partial charge on any atom is 0.0925 e. The van der Waals surface area contributed by atoms with Crippen molar-refractivity contribution in [1.29, 1.82) is 0 Å². The number of hydrogen-bond donors (Lipinski definition) is 2. The Hall–Kier alpha value is -1.65. The van der Waals surface area contributed by atoms with Gasteiger partial charge in [-0.25, -0.2) is 4.98 Å². The topological polar surface area (TPSA) is 44.0 Å². The largest absolute Gasteiger partial charge is 0.348 e. The molecule has 2 N–H and O–H groups in total. The van der Waals surface area contributed by atoms with E-state index in [1.165, 1.54) is 30.6 Å². The van der Waals surface area contributed by atoms with Crippen LogP contribution in [0.5, 0.6) is 0 Å². The average molecular weight is 284 g/mol. The number of hydrogen-bond acceptors (Lipinski definition) is 3. The van der Waals surface area contributed by atoms with Gasteiger partial charge in [0.05, 0.1) is 12.0 Å². The van der Waals surface area contributed by atoms with Gasteiger partial charge in [0.25, 0.3) is 0 Å². The molecule has 1 aliphatic rings. The molecule has 0 radical (unpaired) electrons. The lowest BCUT2D eigenvalue weighted by Gasteiger charge is -2.33. The van der Waals surface area contributed by atoms with E-state index >= 15 is 0 Å². The second-order valence-corrected chi connectivity index (χ2v) is 5.91. The van der Waals surface area contributed by atoms with Crippen LogP contribution in [0.15, 0.2) is 36.7 Å². The maximum atomic E-state index is 4.36. The SMILES string of the molecule is Cc1[nH]cnc1CNC1CCCN(Cc2ccccc2)C1. The van der Waals surface area contributed by atoms with Gasteiger partial charge >= 0.3 is 0 Å². The van der Waals surface area contributed by atoms with E-state index in [9.17, 15) is 0 Å². The molecule has 0 saturated carbocycles. The zero-order valence-corrected chi connectivity index (χ0v) is 12.7. The minimum atomic E-state index is 0.568. The van der Waals surface area contributed by atoms with Crippen molar-refractivity contribution >= 4 is 0 Å².